The van der Waals surface area contributed by atoms with E-state index in [9.17, 15) is 9.59 Å². The number of benzene rings is 1. The van der Waals surface area contributed by atoms with Crippen LogP contribution in [0.5, 0.6) is 0 Å². The number of thiophene rings is 1. The van der Waals surface area contributed by atoms with E-state index in [0.717, 1.165) is 5.56 Å². The summed E-state index contributed by atoms with van der Waals surface area (Å²) in [5, 5.41) is 8.80. The van der Waals surface area contributed by atoms with Crippen molar-refractivity contribution in [3.05, 3.63) is 69.7 Å². The Balaban J connectivity index is 1.54. The van der Waals surface area contributed by atoms with Gasteiger partial charge in [0.15, 0.2) is 0 Å². The maximum atomic E-state index is 12.6. The van der Waals surface area contributed by atoms with Gasteiger partial charge in [0.1, 0.15) is 16.2 Å². The molecule has 130 valence electrons. The molecule has 0 spiro atoms. The zero-order valence-corrected chi connectivity index (χ0v) is 14.7. The van der Waals surface area contributed by atoms with Gasteiger partial charge in [0, 0.05) is 12.6 Å². The monoisotopic (exact) mass is 365 g/mol. The van der Waals surface area contributed by atoms with E-state index in [1.807, 2.05) is 35.7 Å². The van der Waals surface area contributed by atoms with Gasteiger partial charge >= 0.3 is 0 Å². The van der Waals surface area contributed by atoms with Gasteiger partial charge < -0.3 is 9.88 Å². The van der Waals surface area contributed by atoms with Crippen LogP contribution in [0.1, 0.15) is 16.3 Å². The van der Waals surface area contributed by atoms with Crippen LogP contribution in [0.2, 0.25) is 0 Å². The zero-order chi connectivity index (χ0) is 18.1. The predicted molar refractivity (Wildman–Crippen MR) is 100 cm³/mol. The van der Waals surface area contributed by atoms with Gasteiger partial charge in [-0.15, -0.1) is 11.3 Å². The van der Waals surface area contributed by atoms with E-state index < -0.39 is 0 Å². The van der Waals surface area contributed by atoms with Crippen molar-refractivity contribution in [2.45, 2.75) is 6.54 Å². The molecule has 0 bridgehead atoms. The van der Waals surface area contributed by atoms with Gasteiger partial charge in [-0.1, -0.05) is 30.3 Å². The van der Waals surface area contributed by atoms with Crippen molar-refractivity contribution >= 4 is 27.5 Å². The molecule has 0 fully saturated rings. The average Bonchev–Trinajstić information content (AvgIpc) is 3.31. The van der Waals surface area contributed by atoms with Crippen molar-refractivity contribution in [1.29, 1.82) is 0 Å². The third-order valence-corrected chi connectivity index (χ3v) is 4.88. The number of rotatable bonds is 4. The third kappa shape index (κ3) is 3.02. The van der Waals surface area contributed by atoms with Gasteiger partial charge in [0.2, 0.25) is 0 Å². The lowest BCUT2D eigenvalue weighted by Crippen LogP contribution is -2.28. The Morgan fingerprint density at radius 1 is 1.23 bits per heavy atom. The van der Waals surface area contributed by atoms with E-state index in [4.69, 9.17) is 0 Å². The molecule has 4 aromatic rings. The van der Waals surface area contributed by atoms with E-state index in [1.54, 1.807) is 19.2 Å². The first-order chi connectivity index (χ1) is 12.6. The van der Waals surface area contributed by atoms with E-state index in [1.165, 1.54) is 16.2 Å². The summed E-state index contributed by atoms with van der Waals surface area (Å²) in [5.41, 5.74) is 2.47. The van der Waals surface area contributed by atoms with Gasteiger partial charge in [0.05, 0.1) is 17.8 Å². The van der Waals surface area contributed by atoms with Crippen LogP contribution in [0.4, 0.5) is 0 Å². The molecule has 0 radical (unpaired) electrons. The minimum absolute atomic E-state index is 0.186. The molecule has 8 heteroatoms. The van der Waals surface area contributed by atoms with Crippen molar-refractivity contribution in [3.8, 4) is 11.3 Å². The maximum absolute atomic E-state index is 12.6. The molecule has 0 aliphatic rings. The van der Waals surface area contributed by atoms with Crippen LogP contribution in [-0.2, 0) is 6.54 Å². The Morgan fingerprint density at radius 3 is 2.85 bits per heavy atom. The summed E-state index contributed by atoms with van der Waals surface area (Å²) in [5.74, 6) is 0.215. The summed E-state index contributed by atoms with van der Waals surface area (Å²) in [7, 11) is 1.66. The Morgan fingerprint density at radius 2 is 2.04 bits per heavy atom. The van der Waals surface area contributed by atoms with Gasteiger partial charge in [-0.05, 0) is 17.5 Å². The van der Waals surface area contributed by atoms with Crippen molar-refractivity contribution in [3.63, 3.8) is 0 Å². The van der Waals surface area contributed by atoms with E-state index in [2.05, 4.69) is 20.2 Å². The van der Waals surface area contributed by atoms with Crippen LogP contribution in [0.3, 0.4) is 0 Å². The molecule has 1 aromatic carbocycles. The van der Waals surface area contributed by atoms with Crippen molar-refractivity contribution < 1.29 is 4.79 Å². The van der Waals surface area contributed by atoms with Gasteiger partial charge in [-0.2, -0.15) is 5.10 Å². The lowest BCUT2D eigenvalue weighted by Gasteiger charge is -2.15. The minimum atomic E-state index is -0.229. The molecule has 0 unspecified atom stereocenters. The summed E-state index contributed by atoms with van der Waals surface area (Å²) >= 11 is 1.35. The van der Waals surface area contributed by atoms with E-state index in [-0.39, 0.29) is 18.0 Å². The molecule has 2 N–H and O–H groups in total. The number of aromatic nitrogens is 4. The molecule has 0 atom stereocenters. The molecule has 0 saturated carbocycles. The molecular formula is C18H15N5O2S. The molecule has 3 aromatic heterocycles. The fourth-order valence-corrected chi connectivity index (χ4v) is 3.41. The van der Waals surface area contributed by atoms with Crippen molar-refractivity contribution in [2.75, 3.05) is 7.05 Å². The average molecular weight is 365 g/mol. The number of amides is 1. The van der Waals surface area contributed by atoms with Crippen LogP contribution in [0.25, 0.3) is 21.5 Å². The number of carbonyl (C=O) groups excluding carboxylic acids is 1. The molecular weight excluding hydrogens is 350 g/mol. The van der Waals surface area contributed by atoms with Gasteiger partial charge in [0.25, 0.3) is 11.5 Å². The van der Waals surface area contributed by atoms with Crippen LogP contribution in [0, 0.1) is 0 Å². The highest BCUT2D eigenvalue weighted by Crippen LogP contribution is 2.18. The number of carbonyl (C=O) groups is 1. The van der Waals surface area contributed by atoms with Gasteiger partial charge in [-0.25, -0.2) is 4.98 Å². The molecule has 0 aliphatic carbocycles. The first kappa shape index (κ1) is 16.2. The van der Waals surface area contributed by atoms with Gasteiger partial charge in [-0.3, -0.25) is 14.7 Å². The molecule has 1 amide bonds. The number of fused-ring (bicyclic) bond motifs is 1. The molecule has 4 rings (SSSR count). The van der Waals surface area contributed by atoms with Crippen LogP contribution in [0.15, 0.2) is 52.6 Å². The molecule has 3 heterocycles. The second-order valence-electron chi connectivity index (χ2n) is 5.84. The molecule has 26 heavy (non-hydrogen) atoms. The fourth-order valence-electron chi connectivity index (χ4n) is 2.69. The Labute approximate surface area is 152 Å². The smallest absolute Gasteiger partial charge is 0.272 e. The van der Waals surface area contributed by atoms with E-state index in [0.29, 0.717) is 27.4 Å². The van der Waals surface area contributed by atoms with Crippen molar-refractivity contribution in [2.24, 2.45) is 0 Å². The van der Waals surface area contributed by atoms with Crippen molar-refractivity contribution in [1.82, 2.24) is 25.1 Å². The molecule has 0 saturated heterocycles. The lowest BCUT2D eigenvalue weighted by molar-refractivity contribution is 0.0775. The summed E-state index contributed by atoms with van der Waals surface area (Å²) < 4.78 is 0.587. The SMILES string of the molecule is CN(Cc1nc2ccsc2c(=O)[nH]1)C(=O)c1cc(-c2ccccc2)n[nH]1. The number of hydrogen-bond acceptors (Lipinski definition) is 5. The quantitative estimate of drug-likeness (QED) is 0.581. The second kappa shape index (κ2) is 6.57. The Kier molecular flexibility index (Phi) is 4.10. The topological polar surface area (TPSA) is 94.7 Å². The minimum Gasteiger partial charge on any atom is -0.333 e. The number of nitrogens with one attached hydrogen (secondary N) is 2. The second-order valence-corrected chi connectivity index (χ2v) is 6.76. The zero-order valence-electron chi connectivity index (χ0n) is 13.9. The summed E-state index contributed by atoms with van der Waals surface area (Å²) in [4.78, 5) is 33.3. The number of nitrogens with zero attached hydrogens (tertiary/aromatic N) is 3. The maximum Gasteiger partial charge on any atom is 0.272 e. The summed E-state index contributed by atoms with van der Waals surface area (Å²) in [6, 6.07) is 13.1. The van der Waals surface area contributed by atoms with Crippen LogP contribution in [-0.4, -0.2) is 38.0 Å². The lowest BCUT2D eigenvalue weighted by atomic mass is 10.1. The third-order valence-electron chi connectivity index (χ3n) is 3.98. The fraction of sp³-hybridized carbons (Fsp3) is 0.111. The Bertz CT molecular complexity index is 1130. The highest BCUT2D eigenvalue weighted by atomic mass is 32.1. The first-order valence-corrected chi connectivity index (χ1v) is 8.82. The highest BCUT2D eigenvalue weighted by molar-refractivity contribution is 7.17. The summed E-state index contributed by atoms with van der Waals surface area (Å²) in [6.45, 7) is 0.194. The normalized spacial score (nSPS) is 11.0. The van der Waals surface area contributed by atoms with Crippen LogP contribution >= 0.6 is 11.3 Å². The number of H-pyrrole nitrogens is 2. The Hall–Kier alpha value is -3.26. The van der Waals surface area contributed by atoms with E-state index >= 15 is 0 Å². The number of hydrogen-bond donors (Lipinski definition) is 2. The largest absolute Gasteiger partial charge is 0.333 e. The number of aromatic amines is 2. The summed E-state index contributed by atoms with van der Waals surface area (Å²) in [6.07, 6.45) is 0. The first-order valence-electron chi connectivity index (χ1n) is 7.94. The van der Waals surface area contributed by atoms with Crippen LogP contribution < -0.4 is 5.56 Å². The standard InChI is InChI=1S/C18H15N5O2S/c1-23(10-15-19-12-7-8-26-16(12)17(24)20-15)18(25)14-9-13(21-22-14)11-5-3-2-4-6-11/h2-9H,10H2,1H3,(H,21,22)(H,19,20,24). The highest BCUT2D eigenvalue weighted by Gasteiger charge is 2.17. The molecule has 0 aliphatic heterocycles. The predicted octanol–water partition coefficient (Wildman–Crippen LogP) is 2.65. The molecule has 7 nitrogen and oxygen atoms in total.